The Hall–Kier alpha value is -2.96. The van der Waals surface area contributed by atoms with Gasteiger partial charge in [0.25, 0.3) is 5.91 Å². The summed E-state index contributed by atoms with van der Waals surface area (Å²) in [6.45, 7) is 1.75. The van der Waals surface area contributed by atoms with Crippen LogP contribution >= 0.6 is 0 Å². The highest BCUT2D eigenvalue weighted by Crippen LogP contribution is 2.30. The van der Waals surface area contributed by atoms with Crippen LogP contribution in [0.1, 0.15) is 46.7 Å². The maximum absolute atomic E-state index is 13.1. The minimum Gasteiger partial charge on any atom is -0.469 e. The van der Waals surface area contributed by atoms with Crippen molar-refractivity contribution in [2.45, 2.75) is 32.2 Å². The van der Waals surface area contributed by atoms with Gasteiger partial charge in [-0.1, -0.05) is 0 Å². The molecule has 6 nitrogen and oxygen atoms in total. The summed E-state index contributed by atoms with van der Waals surface area (Å²) < 4.78 is 20.0. The zero-order valence-corrected chi connectivity index (χ0v) is 13.7. The van der Waals surface area contributed by atoms with Gasteiger partial charge in [-0.15, -0.1) is 5.10 Å². The van der Waals surface area contributed by atoms with E-state index in [1.165, 1.54) is 16.8 Å². The molecule has 0 radical (unpaired) electrons. The number of aromatic nitrogens is 3. The Bertz CT molecular complexity index is 914. The number of rotatable bonds is 3. The smallest absolute Gasteiger partial charge is 0.291 e. The number of hydrogen-bond donors (Lipinski definition) is 1. The van der Waals surface area contributed by atoms with E-state index in [2.05, 4.69) is 15.4 Å². The van der Waals surface area contributed by atoms with E-state index in [9.17, 15) is 9.18 Å². The molecule has 0 aliphatic heterocycles. The molecule has 128 valence electrons. The van der Waals surface area contributed by atoms with Crippen molar-refractivity contribution in [3.8, 4) is 5.69 Å². The highest BCUT2D eigenvalue weighted by atomic mass is 19.1. The first-order chi connectivity index (χ1) is 12.1. The van der Waals surface area contributed by atoms with Gasteiger partial charge < -0.3 is 9.73 Å². The molecule has 0 fully saturated rings. The summed E-state index contributed by atoms with van der Waals surface area (Å²) in [6.07, 6.45) is 4.36. The lowest BCUT2D eigenvalue weighted by molar-refractivity contribution is 0.0921. The number of benzene rings is 1. The lowest BCUT2D eigenvalue weighted by atomic mass is 9.93. The second-order valence-corrected chi connectivity index (χ2v) is 6.09. The molecule has 0 unspecified atom stereocenters. The molecule has 3 aromatic rings. The third-order valence-electron chi connectivity index (χ3n) is 4.40. The Balaban J connectivity index is 1.56. The number of carbonyl (C=O) groups is 1. The quantitative estimate of drug-likeness (QED) is 0.795. The average molecular weight is 340 g/mol. The van der Waals surface area contributed by atoms with Crippen LogP contribution in [0.25, 0.3) is 5.69 Å². The molecule has 0 saturated carbocycles. The molecule has 25 heavy (non-hydrogen) atoms. The predicted octanol–water partition coefficient (Wildman–Crippen LogP) is 3.12. The zero-order chi connectivity index (χ0) is 17.4. The molecule has 4 rings (SSSR count). The predicted molar refractivity (Wildman–Crippen MR) is 87.9 cm³/mol. The fourth-order valence-corrected chi connectivity index (χ4v) is 3.17. The normalized spacial score (nSPS) is 16.5. The van der Waals surface area contributed by atoms with Crippen LogP contribution in [0.15, 0.2) is 41.0 Å². The van der Waals surface area contributed by atoms with Gasteiger partial charge in [-0.2, -0.15) is 0 Å². The summed E-state index contributed by atoms with van der Waals surface area (Å²) in [5.41, 5.74) is 1.68. The Morgan fingerprint density at radius 1 is 1.32 bits per heavy atom. The van der Waals surface area contributed by atoms with Crippen molar-refractivity contribution in [3.05, 3.63) is 65.4 Å². The Morgan fingerprint density at radius 3 is 2.92 bits per heavy atom. The van der Waals surface area contributed by atoms with Gasteiger partial charge in [-0.25, -0.2) is 14.1 Å². The highest BCUT2D eigenvalue weighted by Gasteiger charge is 2.26. The molecule has 1 N–H and O–H groups in total. The number of amides is 1. The second kappa shape index (κ2) is 6.16. The van der Waals surface area contributed by atoms with E-state index in [4.69, 9.17) is 4.42 Å². The molecule has 7 heteroatoms. The molecule has 1 aliphatic carbocycles. The van der Waals surface area contributed by atoms with Gasteiger partial charge in [0.15, 0.2) is 0 Å². The second-order valence-electron chi connectivity index (χ2n) is 6.09. The third kappa shape index (κ3) is 2.93. The van der Waals surface area contributed by atoms with E-state index < -0.39 is 0 Å². The van der Waals surface area contributed by atoms with Crippen LogP contribution < -0.4 is 5.32 Å². The van der Waals surface area contributed by atoms with Crippen molar-refractivity contribution in [2.75, 3.05) is 0 Å². The van der Waals surface area contributed by atoms with Crippen LogP contribution in [-0.4, -0.2) is 20.7 Å². The van der Waals surface area contributed by atoms with E-state index in [-0.39, 0.29) is 23.6 Å². The van der Waals surface area contributed by atoms with Gasteiger partial charge in [0.2, 0.25) is 5.82 Å². The highest BCUT2D eigenvalue weighted by molar-refractivity contribution is 5.90. The van der Waals surface area contributed by atoms with Gasteiger partial charge in [0, 0.05) is 12.0 Å². The van der Waals surface area contributed by atoms with Crippen LogP contribution in [0.3, 0.4) is 0 Å². The lowest BCUT2D eigenvalue weighted by Crippen LogP contribution is -2.31. The minimum absolute atomic E-state index is 0.0897. The summed E-state index contributed by atoms with van der Waals surface area (Å²) in [7, 11) is 0. The number of aryl methyl sites for hydroxylation is 2. The van der Waals surface area contributed by atoms with Gasteiger partial charge in [0.1, 0.15) is 17.4 Å². The Morgan fingerprint density at radius 2 is 2.12 bits per heavy atom. The van der Waals surface area contributed by atoms with Crippen molar-refractivity contribution in [1.82, 2.24) is 20.1 Å². The number of halogens is 1. The summed E-state index contributed by atoms with van der Waals surface area (Å²) in [5, 5.41) is 7.25. The molecule has 0 bridgehead atoms. The number of fused-ring (bicyclic) bond motifs is 1. The molecule has 0 saturated heterocycles. The summed E-state index contributed by atoms with van der Waals surface area (Å²) in [4.78, 5) is 16.8. The van der Waals surface area contributed by atoms with Crippen molar-refractivity contribution in [2.24, 2.45) is 0 Å². The van der Waals surface area contributed by atoms with Gasteiger partial charge in [0.05, 0.1) is 18.0 Å². The summed E-state index contributed by atoms with van der Waals surface area (Å²) in [5.74, 6) is 0.926. The summed E-state index contributed by atoms with van der Waals surface area (Å²) >= 11 is 0. The van der Waals surface area contributed by atoms with E-state index in [0.29, 0.717) is 11.5 Å². The molecule has 0 spiro atoms. The van der Waals surface area contributed by atoms with Gasteiger partial charge in [-0.3, -0.25) is 4.79 Å². The zero-order valence-electron chi connectivity index (χ0n) is 13.7. The lowest BCUT2D eigenvalue weighted by Gasteiger charge is -2.21. The van der Waals surface area contributed by atoms with E-state index in [1.54, 1.807) is 25.3 Å². The molecule has 1 aromatic carbocycles. The number of hydrogen-bond acceptors (Lipinski definition) is 4. The molecule has 1 aliphatic rings. The van der Waals surface area contributed by atoms with Crippen LogP contribution in [0.5, 0.6) is 0 Å². The summed E-state index contributed by atoms with van der Waals surface area (Å²) in [6, 6.07) is 7.69. The minimum atomic E-state index is -0.331. The Kier molecular flexibility index (Phi) is 3.83. The van der Waals surface area contributed by atoms with Crippen LogP contribution in [-0.2, 0) is 6.42 Å². The standard InChI is InChI=1S/C18H17FN4O2/c1-11-20-17(22-23(11)13-7-5-12(19)6-8-13)18(24)21-15-3-2-4-16-14(15)9-10-25-16/h5-10,15H,2-4H2,1H3,(H,21,24)/t15-/m1/s1. The number of nitrogens with zero attached hydrogens (tertiary/aromatic N) is 3. The fourth-order valence-electron chi connectivity index (χ4n) is 3.17. The molecule has 1 amide bonds. The van der Waals surface area contributed by atoms with Gasteiger partial charge >= 0.3 is 0 Å². The molecular weight excluding hydrogens is 323 g/mol. The SMILES string of the molecule is Cc1nc(C(=O)N[C@@H]2CCCc3occc32)nn1-c1ccc(F)cc1. The monoisotopic (exact) mass is 340 g/mol. The molecular formula is C18H17FN4O2. The van der Waals surface area contributed by atoms with E-state index in [1.807, 2.05) is 6.07 Å². The average Bonchev–Trinajstić information content (AvgIpc) is 3.23. The number of nitrogens with one attached hydrogen (secondary N) is 1. The van der Waals surface area contributed by atoms with Crippen LogP contribution in [0.2, 0.25) is 0 Å². The van der Waals surface area contributed by atoms with Crippen molar-refractivity contribution in [3.63, 3.8) is 0 Å². The Labute approximate surface area is 143 Å². The molecule has 2 aromatic heterocycles. The fraction of sp³-hybridized carbons (Fsp3) is 0.278. The number of furan rings is 1. The first-order valence-electron chi connectivity index (χ1n) is 8.18. The first-order valence-corrected chi connectivity index (χ1v) is 8.18. The topological polar surface area (TPSA) is 73.0 Å². The third-order valence-corrected chi connectivity index (χ3v) is 4.40. The van der Waals surface area contributed by atoms with E-state index >= 15 is 0 Å². The molecule has 1 atom stereocenters. The van der Waals surface area contributed by atoms with Crippen molar-refractivity contribution in [1.29, 1.82) is 0 Å². The largest absolute Gasteiger partial charge is 0.469 e. The maximum Gasteiger partial charge on any atom is 0.291 e. The number of carbonyl (C=O) groups excluding carboxylic acids is 1. The first kappa shape index (κ1) is 15.6. The van der Waals surface area contributed by atoms with Gasteiger partial charge in [-0.05, 0) is 50.1 Å². The van der Waals surface area contributed by atoms with Crippen LogP contribution in [0, 0.1) is 12.7 Å². The maximum atomic E-state index is 13.1. The van der Waals surface area contributed by atoms with E-state index in [0.717, 1.165) is 30.6 Å². The molecule has 2 heterocycles. The van der Waals surface area contributed by atoms with Crippen molar-refractivity contribution >= 4 is 5.91 Å². The van der Waals surface area contributed by atoms with Crippen LogP contribution in [0.4, 0.5) is 4.39 Å². The van der Waals surface area contributed by atoms with Crippen molar-refractivity contribution < 1.29 is 13.6 Å².